The molecule has 30 heavy (non-hydrogen) atoms. The van der Waals surface area contributed by atoms with Crippen LogP contribution in [0.5, 0.6) is 23.0 Å². The highest BCUT2D eigenvalue weighted by molar-refractivity contribution is 5.92. The van der Waals surface area contributed by atoms with Crippen molar-refractivity contribution in [2.45, 2.75) is 6.54 Å². The largest absolute Gasteiger partial charge is 0.502 e. The molecule has 1 heterocycles. The van der Waals surface area contributed by atoms with Crippen molar-refractivity contribution in [1.29, 1.82) is 0 Å². The Hall–Kier alpha value is -3.19. The monoisotopic (exact) mass is 412 g/mol. The molecule has 0 unspecified atom stereocenters. The van der Waals surface area contributed by atoms with Crippen LogP contribution in [0.15, 0.2) is 42.5 Å². The summed E-state index contributed by atoms with van der Waals surface area (Å²) in [4.78, 5) is 16.8. The minimum Gasteiger partial charge on any atom is -0.502 e. The van der Waals surface area contributed by atoms with E-state index in [1.807, 2.05) is 17.0 Å². The van der Waals surface area contributed by atoms with Crippen molar-refractivity contribution in [3.8, 4) is 23.0 Å². The number of ether oxygens (including phenoxy) is 3. The smallest absolute Gasteiger partial charge is 0.246 e. The molecule has 2 aromatic carbocycles. The molecule has 0 spiro atoms. The minimum atomic E-state index is -0.0588. The first-order chi connectivity index (χ1) is 14.5. The summed E-state index contributed by atoms with van der Waals surface area (Å²) in [6.45, 7) is 3.87. The third-order valence-corrected chi connectivity index (χ3v) is 5.17. The summed E-state index contributed by atoms with van der Waals surface area (Å²) in [6.07, 6.45) is 3.25. The van der Waals surface area contributed by atoms with Gasteiger partial charge in [0, 0.05) is 38.8 Å². The van der Waals surface area contributed by atoms with E-state index in [2.05, 4.69) is 17.0 Å². The van der Waals surface area contributed by atoms with E-state index in [4.69, 9.17) is 14.2 Å². The van der Waals surface area contributed by atoms with E-state index in [0.717, 1.165) is 25.4 Å². The molecule has 1 aliphatic rings. The van der Waals surface area contributed by atoms with Crippen molar-refractivity contribution in [3.63, 3.8) is 0 Å². The zero-order valence-electron chi connectivity index (χ0n) is 17.6. The number of piperazine rings is 1. The second-order valence-electron chi connectivity index (χ2n) is 7.06. The number of amides is 1. The molecule has 1 aliphatic heterocycles. The standard InChI is InChI=1S/C23H28N2O5/c1-28-19-7-4-17(5-8-19)16-24-10-12-25(13-11-24)22(26)9-6-18-14-20(29-2)23(27)21(15-18)30-3/h4-9,14-15,27H,10-13,16H2,1-3H3/b9-6-. The number of nitrogens with zero attached hydrogens (tertiary/aromatic N) is 2. The van der Waals surface area contributed by atoms with Gasteiger partial charge in [-0.3, -0.25) is 9.69 Å². The van der Waals surface area contributed by atoms with Crippen molar-refractivity contribution in [3.05, 3.63) is 53.6 Å². The number of methoxy groups -OCH3 is 3. The van der Waals surface area contributed by atoms with Gasteiger partial charge in [-0.1, -0.05) is 12.1 Å². The summed E-state index contributed by atoms with van der Waals surface area (Å²) < 4.78 is 15.5. The SMILES string of the molecule is COc1ccc(CN2CCN(C(=O)/C=C\c3cc(OC)c(O)c(OC)c3)CC2)cc1. The number of carbonyl (C=O) groups excluding carboxylic acids is 1. The Kier molecular flexibility index (Phi) is 7.19. The van der Waals surface area contributed by atoms with Crippen LogP contribution in [0.4, 0.5) is 0 Å². The van der Waals surface area contributed by atoms with E-state index in [1.165, 1.54) is 19.8 Å². The predicted molar refractivity (Wildman–Crippen MR) is 115 cm³/mol. The van der Waals surface area contributed by atoms with Gasteiger partial charge in [0.15, 0.2) is 11.5 Å². The topological polar surface area (TPSA) is 71.5 Å². The zero-order chi connectivity index (χ0) is 21.5. The van der Waals surface area contributed by atoms with Gasteiger partial charge in [-0.05, 0) is 41.5 Å². The van der Waals surface area contributed by atoms with Crippen molar-refractivity contribution in [2.24, 2.45) is 0 Å². The van der Waals surface area contributed by atoms with E-state index in [1.54, 1.807) is 31.4 Å². The van der Waals surface area contributed by atoms with Gasteiger partial charge in [0.1, 0.15) is 5.75 Å². The highest BCUT2D eigenvalue weighted by Gasteiger charge is 2.20. The summed E-state index contributed by atoms with van der Waals surface area (Å²) >= 11 is 0. The number of hydrogen-bond acceptors (Lipinski definition) is 6. The van der Waals surface area contributed by atoms with Crippen LogP contribution in [0, 0.1) is 0 Å². The van der Waals surface area contributed by atoms with E-state index in [-0.39, 0.29) is 11.7 Å². The van der Waals surface area contributed by atoms with Crippen LogP contribution in [0.25, 0.3) is 6.08 Å². The van der Waals surface area contributed by atoms with Crippen LogP contribution in [-0.2, 0) is 11.3 Å². The molecule has 7 heteroatoms. The van der Waals surface area contributed by atoms with Gasteiger partial charge < -0.3 is 24.2 Å². The molecule has 0 aliphatic carbocycles. The van der Waals surface area contributed by atoms with E-state index < -0.39 is 0 Å². The third-order valence-electron chi connectivity index (χ3n) is 5.17. The highest BCUT2D eigenvalue weighted by Crippen LogP contribution is 2.37. The molecule has 1 saturated heterocycles. The molecule has 1 fully saturated rings. The lowest BCUT2D eigenvalue weighted by atomic mass is 10.1. The summed E-state index contributed by atoms with van der Waals surface area (Å²) in [7, 11) is 4.60. The first-order valence-corrected chi connectivity index (χ1v) is 9.81. The van der Waals surface area contributed by atoms with Crippen LogP contribution >= 0.6 is 0 Å². The second-order valence-corrected chi connectivity index (χ2v) is 7.06. The number of aromatic hydroxyl groups is 1. The molecule has 1 amide bonds. The van der Waals surface area contributed by atoms with Gasteiger partial charge in [-0.25, -0.2) is 0 Å². The highest BCUT2D eigenvalue weighted by atomic mass is 16.5. The van der Waals surface area contributed by atoms with Crippen molar-refractivity contribution in [2.75, 3.05) is 47.5 Å². The zero-order valence-corrected chi connectivity index (χ0v) is 17.6. The van der Waals surface area contributed by atoms with Gasteiger partial charge in [-0.2, -0.15) is 0 Å². The van der Waals surface area contributed by atoms with Gasteiger partial charge in [0.25, 0.3) is 0 Å². The maximum absolute atomic E-state index is 12.6. The number of phenols is 1. The first kappa shape index (κ1) is 21.5. The Morgan fingerprint density at radius 3 is 2.10 bits per heavy atom. The van der Waals surface area contributed by atoms with E-state index in [9.17, 15) is 9.90 Å². The molecule has 0 aromatic heterocycles. The molecule has 1 N–H and O–H groups in total. The number of carbonyl (C=O) groups is 1. The molecular weight excluding hydrogens is 384 g/mol. The lowest BCUT2D eigenvalue weighted by Gasteiger charge is -2.34. The quantitative estimate of drug-likeness (QED) is 0.705. The number of rotatable bonds is 7. The minimum absolute atomic E-state index is 0.0369. The first-order valence-electron chi connectivity index (χ1n) is 9.81. The fourth-order valence-electron chi connectivity index (χ4n) is 3.40. The van der Waals surface area contributed by atoms with Crippen molar-refractivity contribution >= 4 is 12.0 Å². The van der Waals surface area contributed by atoms with Crippen LogP contribution in [-0.4, -0.2) is 68.3 Å². The average molecular weight is 412 g/mol. The molecule has 0 bridgehead atoms. The Balaban J connectivity index is 1.55. The van der Waals surface area contributed by atoms with Crippen molar-refractivity contribution in [1.82, 2.24) is 9.80 Å². The molecule has 160 valence electrons. The average Bonchev–Trinajstić information content (AvgIpc) is 2.79. The van der Waals surface area contributed by atoms with Gasteiger partial charge >= 0.3 is 0 Å². The summed E-state index contributed by atoms with van der Waals surface area (Å²) in [5.74, 6) is 1.36. The normalized spacial score (nSPS) is 14.7. The maximum atomic E-state index is 12.6. The molecule has 7 nitrogen and oxygen atoms in total. The molecular formula is C23H28N2O5. The van der Waals surface area contributed by atoms with Gasteiger partial charge in [0.2, 0.25) is 11.7 Å². The maximum Gasteiger partial charge on any atom is 0.246 e. The fraction of sp³-hybridized carbons (Fsp3) is 0.348. The lowest BCUT2D eigenvalue weighted by molar-refractivity contribution is -0.127. The van der Waals surface area contributed by atoms with Crippen molar-refractivity contribution < 1.29 is 24.1 Å². The summed E-state index contributed by atoms with van der Waals surface area (Å²) in [5, 5.41) is 9.99. The van der Waals surface area contributed by atoms with Crippen LogP contribution < -0.4 is 14.2 Å². The summed E-state index contributed by atoms with van der Waals surface area (Å²) in [6, 6.07) is 11.4. The van der Waals surface area contributed by atoms with E-state index >= 15 is 0 Å². The van der Waals surface area contributed by atoms with Crippen LogP contribution in [0.2, 0.25) is 0 Å². The van der Waals surface area contributed by atoms with Gasteiger partial charge in [0.05, 0.1) is 21.3 Å². The van der Waals surface area contributed by atoms with Crippen LogP contribution in [0.1, 0.15) is 11.1 Å². The molecule has 3 rings (SSSR count). The molecule has 0 radical (unpaired) electrons. The Labute approximate surface area is 177 Å². The lowest BCUT2D eigenvalue weighted by Crippen LogP contribution is -2.47. The molecule has 0 saturated carbocycles. The second kappa shape index (κ2) is 10.0. The molecule has 0 atom stereocenters. The Bertz CT molecular complexity index is 862. The Morgan fingerprint density at radius 1 is 0.967 bits per heavy atom. The van der Waals surface area contributed by atoms with Gasteiger partial charge in [-0.15, -0.1) is 0 Å². The Morgan fingerprint density at radius 2 is 1.57 bits per heavy atom. The summed E-state index contributed by atoms with van der Waals surface area (Å²) in [5.41, 5.74) is 1.94. The number of phenolic OH excluding ortho intramolecular Hbond substituents is 1. The molecule has 2 aromatic rings. The fourth-order valence-corrected chi connectivity index (χ4v) is 3.40. The number of benzene rings is 2. The van der Waals surface area contributed by atoms with E-state index in [0.29, 0.717) is 30.2 Å². The number of hydrogen-bond donors (Lipinski definition) is 1. The predicted octanol–water partition coefficient (Wildman–Crippen LogP) is 2.78. The third kappa shape index (κ3) is 5.24. The van der Waals surface area contributed by atoms with Crippen LogP contribution in [0.3, 0.4) is 0 Å².